The average Bonchev–Trinajstić information content (AvgIpc) is 2.45. The lowest BCUT2D eigenvalue weighted by molar-refractivity contribution is 0.160. The van der Waals surface area contributed by atoms with E-state index in [1.807, 2.05) is 18.2 Å². The lowest BCUT2D eigenvalue weighted by Crippen LogP contribution is -2.38. The number of likely N-dealkylation sites (tertiary alicyclic amines) is 1. The van der Waals surface area contributed by atoms with Crippen molar-refractivity contribution in [3.05, 3.63) is 28.2 Å². The molecule has 1 heterocycles. The summed E-state index contributed by atoms with van der Waals surface area (Å²) in [6, 6.07) is 8.69. The second kappa shape index (κ2) is 7.66. The molecule has 0 aromatic heterocycles. The molecule has 0 radical (unpaired) electrons. The molecular formula is C16H22BrN3. The number of nitriles is 1. The third-order valence-corrected chi connectivity index (χ3v) is 4.64. The molecule has 4 heteroatoms. The maximum atomic E-state index is 8.89. The summed E-state index contributed by atoms with van der Waals surface area (Å²) in [6.45, 7) is 5.74. The van der Waals surface area contributed by atoms with Gasteiger partial charge in [-0.05, 0) is 66.9 Å². The van der Waals surface area contributed by atoms with E-state index >= 15 is 0 Å². The van der Waals surface area contributed by atoms with Gasteiger partial charge in [0.15, 0.2) is 0 Å². The molecule has 108 valence electrons. The summed E-state index contributed by atoms with van der Waals surface area (Å²) in [5, 5.41) is 12.3. The Morgan fingerprint density at radius 1 is 1.45 bits per heavy atom. The number of halogens is 1. The van der Waals surface area contributed by atoms with Crippen LogP contribution in [0.5, 0.6) is 0 Å². The van der Waals surface area contributed by atoms with Gasteiger partial charge in [-0.3, -0.25) is 0 Å². The van der Waals surface area contributed by atoms with Crippen LogP contribution in [0.1, 0.15) is 38.2 Å². The van der Waals surface area contributed by atoms with Gasteiger partial charge in [0.05, 0.1) is 5.56 Å². The zero-order valence-corrected chi connectivity index (χ0v) is 13.6. The van der Waals surface area contributed by atoms with Crippen LogP contribution < -0.4 is 5.32 Å². The molecule has 3 nitrogen and oxygen atoms in total. The van der Waals surface area contributed by atoms with Gasteiger partial charge in [0.2, 0.25) is 0 Å². The van der Waals surface area contributed by atoms with Crippen LogP contribution in [0.4, 0.5) is 5.69 Å². The number of nitrogens with one attached hydrogen (secondary N) is 1. The highest BCUT2D eigenvalue weighted by atomic mass is 79.9. The molecule has 0 bridgehead atoms. The van der Waals surface area contributed by atoms with Crippen LogP contribution in [0.25, 0.3) is 0 Å². The fourth-order valence-electron chi connectivity index (χ4n) is 2.72. The molecule has 1 fully saturated rings. The monoisotopic (exact) mass is 335 g/mol. The molecule has 1 aromatic rings. The molecule has 20 heavy (non-hydrogen) atoms. The van der Waals surface area contributed by atoms with Gasteiger partial charge in [0, 0.05) is 29.3 Å². The Labute approximate surface area is 130 Å². The molecular weight excluding hydrogens is 314 g/mol. The molecule has 1 unspecified atom stereocenters. The van der Waals surface area contributed by atoms with Gasteiger partial charge in [-0.1, -0.05) is 6.42 Å². The minimum atomic E-state index is 0.678. The minimum Gasteiger partial charge on any atom is -0.385 e. The topological polar surface area (TPSA) is 39.1 Å². The first-order chi connectivity index (χ1) is 9.70. The van der Waals surface area contributed by atoms with Gasteiger partial charge in [-0.15, -0.1) is 0 Å². The summed E-state index contributed by atoms with van der Waals surface area (Å²) >= 11 is 3.42. The van der Waals surface area contributed by atoms with Crippen molar-refractivity contribution in [3.8, 4) is 6.07 Å². The van der Waals surface area contributed by atoms with Crippen molar-refractivity contribution in [2.24, 2.45) is 0 Å². The van der Waals surface area contributed by atoms with E-state index in [9.17, 15) is 0 Å². The Kier molecular flexibility index (Phi) is 5.87. The highest BCUT2D eigenvalue weighted by Crippen LogP contribution is 2.21. The zero-order chi connectivity index (χ0) is 14.4. The fourth-order valence-corrected chi connectivity index (χ4v) is 3.19. The van der Waals surface area contributed by atoms with E-state index in [1.54, 1.807) is 0 Å². The van der Waals surface area contributed by atoms with Gasteiger partial charge in [-0.25, -0.2) is 0 Å². The normalized spacial score (nSPS) is 19.6. The number of hydrogen-bond donors (Lipinski definition) is 1. The van der Waals surface area contributed by atoms with E-state index in [0.717, 1.165) is 29.2 Å². The summed E-state index contributed by atoms with van der Waals surface area (Å²) in [4.78, 5) is 2.60. The van der Waals surface area contributed by atoms with Crippen LogP contribution in [-0.2, 0) is 0 Å². The van der Waals surface area contributed by atoms with E-state index in [-0.39, 0.29) is 0 Å². The SMILES string of the molecule is CC1CCCCN1CCCNc1ccc(C#N)c(Br)c1. The van der Waals surface area contributed by atoms with E-state index < -0.39 is 0 Å². The van der Waals surface area contributed by atoms with Crippen LogP contribution in [0, 0.1) is 11.3 Å². The fraction of sp³-hybridized carbons (Fsp3) is 0.562. The Balaban J connectivity index is 1.73. The van der Waals surface area contributed by atoms with Crippen molar-refractivity contribution < 1.29 is 0 Å². The molecule has 1 aliphatic heterocycles. The van der Waals surface area contributed by atoms with E-state index in [4.69, 9.17) is 5.26 Å². The van der Waals surface area contributed by atoms with E-state index in [1.165, 1.54) is 32.4 Å². The largest absolute Gasteiger partial charge is 0.385 e. The third-order valence-electron chi connectivity index (χ3n) is 3.98. The van der Waals surface area contributed by atoms with Crippen LogP contribution >= 0.6 is 15.9 Å². The number of benzene rings is 1. The maximum absolute atomic E-state index is 8.89. The van der Waals surface area contributed by atoms with Crippen molar-refractivity contribution >= 4 is 21.6 Å². The summed E-state index contributed by atoms with van der Waals surface area (Å²) in [6.07, 6.45) is 5.23. The Bertz CT molecular complexity index is 481. The minimum absolute atomic E-state index is 0.678. The van der Waals surface area contributed by atoms with E-state index in [0.29, 0.717) is 5.56 Å². The molecule has 1 aromatic carbocycles. The highest BCUT2D eigenvalue weighted by Gasteiger charge is 2.16. The predicted molar refractivity (Wildman–Crippen MR) is 86.8 cm³/mol. The highest BCUT2D eigenvalue weighted by molar-refractivity contribution is 9.10. The first-order valence-corrected chi connectivity index (χ1v) is 8.17. The standard InChI is InChI=1S/C16H22BrN3/c1-13-5-2-3-9-20(13)10-4-8-19-15-7-6-14(12-18)16(17)11-15/h6-7,11,13,19H,2-5,8-10H2,1H3. The molecule has 0 spiro atoms. The molecule has 1 aliphatic rings. The second-order valence-electron chi connectivity index (χ2n) is 5.47. The molecule has 0 amide bonds. The summed E-state index contributed by atoms with van der Waals surface area (Å²) in [5.41, 5.74) is 1.75. The van der Waals surface area contributed by atoms with Gasteiger partial charge in [0.1, 0.15) is 6.07 Å². The van der Waals surface area contributed by atoms with Gasteiger partial charge in [-0.2, -0.15) is 5.26 Å². The molecule has 0 aliphatic carbocycles. The molecule has 1 atom stereocenters. The summed E-state index contributed by atoms with van der Waals surface area (Å²) in [5.74, 6) is 0. The number of hydrogen-bond acceptors (Lipinski definition) is 3. The van der Waals surface area contributed by atoms with Crippen LogP contribution in [0.2, 0.25) is 0 Å². The number of piperidine rings is 1. The summed E-state index contributed by atoms with van der Waals surface area (Å²) < 4.78 is 0.856. The lowest BCUT2D eigenvalue weighted by atomic mass is 10.0. The first kappa shape index (κ1) is 15.3. The van der Waals surface area contributed by atoms with Crippen molar-refractivity contribution in [1.82, 2.24) is 4.90 Å². The predicted octanol–water partition coefficient (Wildman–Crippen LogP) is 4.00. The maximum Gasteiger partial charge on any atom is 0.100 e. The van der Waals surface area contributed by atoms with Crippen molar-refractivity contribution in [2.75, 3.05) is 25.0 Å². The quantitative estimate of drug-likeness (QED) is 0.826. The molecule has 2 rings (SSSR count). The number of rotatable bonds is 5. The Morgan fingerprint density at radius 3 is 3.00 bits per heavy atom. The van der Waals surface area contributed by atoms with Gasteiger partial charge in [0.25, 0.3) is 0 Å². The van der Waals surface area contributed by atoms with Crippen molar-refractivity contribution in [1.29, 1.82) is 5.26 Å². The molecule has 1 saturated heterocycles. The van der Waals surface area contributed by atoms with Crippen LogP contribution in [-0.4, -0.2) is 30.6 Å². The summed E-state index contributed by atoms with van der Waals surface area (Å²) in [7, 11) is 0. The molecule has 1 N–H and O–H groups in total. The van der Waals surface area contributed by atoms with Crippen molar-refractivity contribution in [3.63, 3.8) is 0 Å². The second-order valence-corrected chi connectivity index (χ2v) is 6.32. The number of nitrogens with zero attached hydrogens (tertiary/aromatic N) is 2. The van der Waals surface area contributed by atoms with Gasteiger partial charge < -0.3 is 10.2 Å². The van der Waals surface area contributed by atoms with Crippen LogP contribution in [0.15, 0.2) is 22.7 Å². The number of anilines is 1. The lowest BCUT2D eigenvalue weighted by Gasteiger charge is -2.33. The Hall–Kier alpha value is -1.05. The third kappa shape index (κ3) is 4.22. The van der Waals surface area contributed by atoms with Gasteiger partial charge >= 0.3 is 0 Å². The smallest absolute Gasteiger partial charge is 0.100 e. The van der Waals surface area contributed by atoms with Crippen LogP contribution in [0.3, 0.4) is 0 Å². The van der Waals surface area contributed by atoms with Crippen molar-refractivity contribution in [2.45, 2.75) is 38.6 Å². The zero-order valence-electron chi connectivity index (χ0n) is 12.0. The van der Waals surface area contributed by atoms with E-state index in [2.05, 4.69) is 39.1 Å². The Morgan fingerprint density at radius 2 is 2.30 bits per heavy atom. The first-order valence-electron chi connectivity index (χ1n) is 7.38. The molecule has 0 saturated carbocycles. The average molecular weight is 336 g/mol.